The van der Waals surface area contributed by atoms with Gasteiger partial charge in [-0.05, 0) is 105 Å². The number of hydrogen-bond donors (Lipinski definition) is 0. The summed E-state index contributed by atoms with van der Waals surface area (Å²) in [5, 5.41) is 7.70. The van der Waals surface area contributed by atoms with Crippen LogP contribution in [0, 0.1) is 34.5 Å². The number of hydrogen-bond acceptors (Lipinski definition) is 3. The van der Waals surface area contributed by atoms with Gasteiger partial charge in [0.25, 0.3) is 16.6 Å². The zero-order valence-corrected chi connectivity index (χ0v) is 37.7. The molecule has 0 amide bonds. The van der Waals surface area contributed by atoms with E-state index in [2.05, 4.69) is 202 Å². The standard InChI is InChI=1S/C56H58O3Si2/c1-42-39-43-40-44(57)35-38-56(43,41-58-60(45-21-9-3-10-22-45,46-23-11-4-12-24-46)47-25-13-5-14-26-47)52-36-37-55(2)51(54(42)52)33-34-53(55)59-61(48-27-15-6-16-28-48,49-29-17-7-18-30-49)50-31-19-8-20-32-50/h3-32,40,42,51-54H,33-39,41H2,1-2H3/t42?,51-,52+,53?,54-,55-,56+/m0/s1. The molecule has 0 radical (unpaired) electrons. The van der Waals surface area contributed by atoms with Crippen LogP contribution in [-0.4, -0.2) is 35.1 Å². The van der Waals surface area contributed by atoms with Crippen molar-refractivity contribution in [2.24, 2.45) is 34.5 Å². The Balaban J connectivity index is 1.05. The highest BCUT2D eigenvalue weighted by molar-refractivity contribution is 7.07. The second-order valence-corrected chi connectivity index (χ2v) is 25.6. The van der Waals surface area contributed by atoms with E-state index in [0.717, 1.165) is 32.1 Å². The molecular weight excluding hydrogens is 777 g/mol. The number of fused-ring (bicyclic) bond motifs is 5. The molecule has 3 fully saturated rings. The molecule has 0 bridgehead atoms. The number of carbonyl (C=O) groups is 1. The fourth-order valence-corrected chi connectivity index (χ4v) is 21.2. The van der Waals surface area contributed by atoms with Gasteiger partial charge >= 0.3 is 0 Å². The van der Waals surface area contributed by atoms with Gasteiger partial charge in [0.15, 0.2) is 5.78 Å². The summed E-state index contributed by atoms with van der Waals surface area (Å²) >= 11 is 0. The van der Waals surface area contributed by atoms with Crippen molar-refractivity contribution in [3.8, 4) is 0 Å². The lowest BCUT2D eigenvalue weighted by molar-refractivity contribution is -0.122. The molecule has 3 nitrogen and oxygen atoms in total. The predicted molar refractivity (Wildman–Crippen MR) is 254 cm³/mol. The van der Waals surface area contributed by atoms with Gasteiger partial charge in [0.1, 0.15) is 0 Å². The topological polar surface area (TPSA) is 35.5 Å². The first-order chi connectivity index (χ1) is 29.9. The lowest BCUT2D eigenvalue weighted by Gasteiger charge is -2.61. The Morgan fingerprint density at radius 3 is 1.41 bits per heavy atom. The first-order valence-electron chi connectivity index (χ1n) is 22.8. The lowest BCUT2D eigenvalue weighted by atomic mass is 9.45. The molecule has 0 N–H and O–H groups in total. The van der Waals surface area contributed by atoms with Crippen molar-refractivity contribution in [1.29, 1.82) is 0 Å². The fraction of sp³-hybridized carbons (Fsp3) is 0.304. The number of rotatable bonds is 11. The number of ketones is 1. The normalized spacial score (nSPS) is 27.3. The molecular formula is C56H58O3Si2. The van der Waals surface area contributed by atoms with Crippen molar-refractivity contribution in [2.45, 2.75) is 64.9 Å². The highest BCUT2D eigenvalue weighted by Gasteiger charge is 2.64. The minimum absolute atomic E-state index is 0.0242. The zero-order chi connectivity index (χ0) is 41.5. The van der Waals surface area contributed by atoms with Gasteiger partial charge in [-0.1, -0.05) is 201 Å². The molecule has 5 heteroatoms. The Labute approximate surface area is 365 Å². The van der Waals surface area contributed by atoms with Crippen molar-refractivity contribution < 1.29 is 13.6 Å². The summed E-state index contributed by atoms with van der Waals surface area (Å²) in [4.78, 5) is 13.4. The molecule has 6 aromatic rings. The quantitative estimate of drug-likeness (QED) is 0.0972. The Kier molecular flexibility index (Phi) is 10.8. The van der Waals surface area contributed by atoms with E-state index in [1.54, 1.807) is 0 Å². The van der Waals surface area contributed by atoms with E-state index >= 15 is 0 Å². The van der Waals surface area contributed by atoms with E-state index in [1.807, 2.05) is 0 Å². The van der Waals surface area contributed by atoms with Gasteiger partial charge in [0, 0.05) is 18.4 Å². The van der Waals surface area contributed by atoms with Gasteiger partial charge < -0.3 is 8.85 Å². The van der Waals surface area contributed by atoms with Crippen molar-refractivity contribution in [3.05, 3.63) is 194 Å². The van der Waals surface area contributed by atoms with Crippen LogP contribution in [-0.2, 0) is 13.6 Å². The second kappa shape index (κ2) is 16.4. The third-order valence-electron chi connectivity index (χ3n) is 15.9. The number of benzene rings is 6. The largest absolute Gasteiger partial charge is 0.403 e. The first kappa shape index (κ1) is 40.2. The maximum absolute atomic E-state index is 13.4. The summed E-state index contributed by atoms with van der Waals surface area (Å²) in [5.74, 6) is 2.23. The molecule has 6 aromatic carbocycles. The van der Waals surface area contributed by atoms with Gasteiger partial charge in [-0.25, -0.2) is 0 Å². The smallest absolute Gasteiger partial charge is 0.288 e. The van der Waals surface area contributed by atoms with E-state index < -0.39 is 16.6 Å². The Morgan fingerprint density at radius 1 is 0.541 bits per heavy atom. The van der Waals surface area contributed by atoms with E-state index in [-0.39, 0.29) is 22.7 Å². The molecule has 0 aliphatic heterocycles. The molecule has 308 valence electrons. The van der Waals surface area contributed by atoms with Crippen LogP contribution in [0.5, 0.6) is 0 Å². The summed E-state index contributed by atoms with van der Waals surface area (Å²) in [6, 6.07) is 66.4. The Bertz CT molecular complexity index is 2270. The monoisotopic (exact) mass is 834 g/mol. The number of carbonyl (C=O) groups excluding carboxylic acids is 1. The molecule has 7 atom stereocenters. The average molecular weight is 835 g/mol. The van der Waals surface area contributed by atoms with Crippen LogP contribution < -0.4 is 31.1 Å². The molecule has 0 saturated heterocycles. The minimum Gasteiger partial charge on any atom is -0.403 e. The average Bonchev–Trinajstić information content (AvgIpc) is 3.65. The Morgan fingerprint density at radius 2 is 0.967 bits per heavy atom. The SMILES string of the molecule is CC1CC2=CC(=O)CC[C@]2(CO[Si](c2ccccc2)(c2ccccc2)c2ccccc2)[C@@H]2CC[C@]3(C)C(O[Si](c4ccccc4)(c4ccccc4)c4ccccc4)CC[C@H]3[C@H]12. The van der Waals surface area contributed by atoms with Crippen LogP contribution in [0.1, 0.15) is 58.8 Å². The van der Waals surface area contributed by atoms with Crippen LogP contribution in [0.25, 0.3) is 0 Å². The molecule has 4 aliphatic rings. The van der Waals surface area contributed by atoms with E-state index in [1.165, 1.54) is 43.1 Å². The van der Waals surface area contributed by atoms with Gasteiger partial charge in [-0.3, -0.25) is 4.79 Å². The van der Waals surface area contributed by atoms with Crippen LogP contribution in [0.3, 0.4) is 0 Å². The molecule has 0 heterocycles. The molecule has 3 saturated carbocycles. The Hall–Kier alpha value is -4.92. The fourth-order valence-electron chi connectivity index (χ4n) is 13.1. The first-order valence-corrected chi connectivity index (χ1v) is 26.6. The van der Waals surface area contributed by atoms with Crippen LogP contribution in [0.2, 0.25) is 0 Å². The maximum atomic E-state index is 13.4. The van der Waals surface area contributed by atoms with Gasteiger partial charge in [-0.2, -0.15) is 0 Å². The molecule has 61 heavy (non-hydrogen) atoms. The molecule has 2 unspecified atom stereocenters. The molecule has 0 aromatic heterocycles. The van der Waals surface area contributed by atoms with E-state index in [0.29, 0.717) is 36.7 Å². The van der Waals surface area contributed by atoms with Gasteiger partial charge in [-0.15, -0.1) is 0 Å². The van der Waals surface area contributed by atoms with Gasteiger partial charge in [0.2, 0.25) is 0 Å². The third kappa shape index (κ3) is 6.71. The lowest BCUT2D eigenvalue weighted by Crippen LogP contribution is -2.71. The van der Waals surface area contributed by atoms with Gasteiger partial charge in [0.05, 0.1) is 6.10 Å². The second-order valence-electron chi connectivity index (χ2n) is 18.8. The predicted octanol–water partition coefficient (Wildman–Crippen LogP) is 8.48. The molecule has 10 rings (SSSR count). The van der Waals surface area contributed by atoms with Crippen molar-refractivity contribution in [3.63, 3.8) is 0 Å². The van der Waals surface area contributed by atoms with Crippen molar-refractivity contribution >= 4 is 53.5 Å². The highest BCUT2D eigenvalue weighted by Crippen LogP contribution is 2.67. The van der Waals surface area contributed by atoms with E-state index in [4.69, 9.17) is 8.85 Å². The zero-order valence-electron chi connectivity index (χ0n) is 35.7. The third-order valence-corrected chi connectivity index (χ3v) is 24.0. The van der Waals surface area contributed by atoms with Crippen molar-refractivity contribution in [2.75, 3.05) is 6.61 Å². The van der Waals surface area contributed by atoms with Crippen molar-refractivity contribution in [1.82, 2.24) is 0 Å². The molecule has 0 spiro atoms. The van der Waals surface area contributed by atoms with Crippen LogP contribution >= 0.6 is 0 Å². The summed E-state index contributed by atoms with van der Waals surface area (Å²) < 4.78 is 16.0. The summed E-state index contributed by atoms with van der Waals surface area (Å²) in [7, 11) is -5.90. The molecule has 4 aliphatic carbocycles. The minimum atomic E-state index is -2.98. The highest BCUT2D eigenvalue weighted by atomic mass is 28.4. The van der Waals surface area contributed by atoms with Crippen LogP contribution in [0.4, 0.5) is 0 Å². The summed E-state index contributed by atoms with van der Waals surface area (Å²) in [6.07, 6.45) is 9.08. The van der Waals surface area contributed by atoms with Crippen LogP contribution in [0.15, 0.2) is 194 Å². The summed E-state index contributed by atoms with van der Waals surface area (Å²) in [6.45, 7) is 5.71. The van der Waals surface area contributed by atoms with E-state index in [9.17, 15) is 4.79 Å². The maximum Gasteiger partial charge on any atom is 0.288 e. The summed E-state index contributed by atoms with van der Waals surface area (Å²) in [5.41, 5.74) is 1.18.